The number of halogens is 1. The molecule has 2 fully saturated rings. The Hall–Kier alpha value is -2.10. The van der Waals surface area contributed by atoms with Gasteiger partial charge in [-0.2, -0.15) is 5.10 Å². The molecular formula is C19H23ClN4O4S. The van der Waals surface area contributed by atoms with Crippen molar-refractivity contribution >= 4 is 27.4 Å². The van der Waals surface area contributed by atoms with Crippen LogP contribution in [0.4, 0.5) is 5.82 Å². The monoisotopic (exact) mass is 438 g/mol. The smallest absolute Gasteiger partial charge is 0.266 e. The summed E-state index contributed by atoms with van der Waals surface area (Å²) in [6.07, 6.45) is 2.93. The van der Waals surface area contributed by atoms with E-state index in [4.69, 9.17) is 16.3 Å². The van der Waals surface area contributed by atoms with Crippen molar-refractivity contribution in [2.24, 2.45) is 5.92 Å². The van der Waals surface area contributed by atoms with Crippen LogP contribution in [0.15, 0.2) is 40.0 Å². The average molecular weight is 439 g/mol. The van der Waals surface area contributed by atoms with E-state index in [0.29, 0.717) is 43.5 Å². The lowest BCUT2D eigenvalue weighted by Crippen LogP contribution is -2.37. The number of nitrogens with zero attached hydrogens (tertiary/aromatic N) is 3. The zero-order valence-corrected chi connectivity index (χ0v) is 17.6. The maximum absolute atomic E-state index is 12.7. The minimum absolute atomic E-state index is 0.0952. The highest BCUT2D eigenvalue weighted by molar-refractivity contribution is 7.89. The average Bonchev–Trinajstić information content (AvgIpc) is 3.39. The first kappa shape index (κ1) is 20.2. The third kappa shape index (κ3) is 4.57. The highest BCUT2D eigenvalue weighted by Crippen LogP contribution is 2.30. The summed E-state index contributed by atoms with van der Waals surface area (Å²) in [4.78, 5) is 14.1. The van der Waals surface area contributed by atoms with Crippen molar-refractivity contribution in [2.75, 3.05) is 25.1 Å². The molecule has 1 saturated carbocycles. The number of rotatable bonds is 7. The number of methoxy groups -OCH3 is 1. The zero-order chi connectivity index (χ0) is 20.6. The number of hydrogen-bond acceptors (Lipinski definition) is 6. The second-order valence-corrected chi connectivity index (χ2v) is 9.63. The fraction of sp³-hybridized carbons (Fsp3) is 0.474. The SMILES string of the molecule is COc1ccc(S(=O)(=O)NC2CCN(c3ccc(=O)n(CC4CC4)n3)C2)cc1Cl. The summed E-state index contributed by atoms with van der Waals surface area (Å²) in [6.45, 7) is 1.79. The highest BCUT2D eigenvalue weighted by atomic mass is 35.5. The summed E-state index contributed by atoms with van der Waals surface area (Å²) in [6, 6.07) is 7.35. The number of anilines is 1. The topological polar surface area (TPSA) is 93.5 Å². The lowest BCUT2D eigenvalue weighted by Gasteiger charge is -2.19. The van der Waals surface area contributed by atoms with Crippen molar-refractivity contribution in [3.05, 3.63) is 45.7 Å². The van der Waals surface area contributed by atoms with Gasteiger partial charge in [0.1, 0.15) is 11.6 Å². The van der Waals surface area contributed by atoms with E-state index in [9.17, 15) is 13.2 Å². The summed E-state index contributed by atoms with van der Waals surface area (Å²) < 4.78 is 34.8. The molecule has 29 heavy (non-hydrogen) atoms. The van der Waals surface area contributed by atoms with Crippen LogP contribution in [0.25, 0.3) is 0 Å². The molecule has 8 nitrogen and oxygen atoms in total. The molecule has 2 aromatic rings. The van der Waals surface area contributed by atoms with Crippen LogP contribution in [0.1, 0.15) is 19.3 Å². The Labute approximate surface area is 174 Å². The van der Waals surface area contributed by atoms with Gasteiger partial charge in [0.05, 0.1) is 17.0 Å². The van der Waals surface area contributed by atoms with Crippen molar-refractivity contribution in [2.45, 2.75) is 36.7 Å². The molecule has 1 saturated heterocycles. The molecular weight excluding hydrogens is 416 g/mol. The number of sulfonamides is 1. The Morgan fingerprint density at radius 1 is 1.24 bits per heavy atom. The summed E-state index contributed by atoms with van der Waals surface area (Å²) in [5.74, 6) is 1.66. The minimum atomic E-state index is -3.71. The maximum Gasteiger partial charge on any atom is 0.266 e. The molecule has 1 aliphatic heterocycles. The van der Waals surface area contributed by atoms with E-state index in [2.05, 4.69) is 9.82 Å². The minimum Gasteiger partial charge on any atom is -0.495 e. The predicted octanol–water partition coefficient (Wildman–Crippen LogP) is 1.87. The lowest BCUT2D eigenvalue weighted by atomic mass is 10.3. The summed E-state index contributed by atoms with van der Waals surface area (Å²) in [7, 11) is -2.24. The molecule has 1 N–H and O–H groups in total. The van der Waals surface area contributed by atoms with Gasteiger partial charge in [-0.3, -0.25) is 4.79 Å². The predicted molar refractivity (Wildman–Crippen MR) is 110 cm³/mol. The van der Waals surface area contributed by atoms with Crippen molar-refractivity contribution < 1.29 is 13.2 Å². The fourth-order valence-electron chi connectivity index (χ4n) is 3.45. The van der Waals surface area contributed by atoms with Gasteiger partial charge < -0.3 is 9.64 Å². The number of nitrogens with one attached hydrogen (secondary N) is 1. The van der Waals surface area contributed by atoms with Crippen molar-refractivity contribution in [3.8, 4) is 5.75 Å². The number of ether oxygens (including phenoxy) is 1. The van der Waals surface area contributed by atoms with Crippen LogP contribution in [0.2, 0.25) is 5.02 Å². The summed E-state index contributed by atoms with van der Waals surface area (Å²) in [5.41, 5.74) is -0.103. The summed E-state index contributed by atoms with van der Waals surface area (Å²) in [5, 5.41) is 4.72. The highest BCUT2D eigenvalue weighted by Gasteiger charge is 2.29. The Kier molecular flexibility index (Phi) is 5.54. The molecule has 0 bridgehead atoms. The molecule has 2 aliphatic rings. The number of benzene rings is 1. The molecule has 0 amide bonds. The fourth-order valence-corrected chi connectivity index (χ4v) is 5.06. The Morgan fingerprint density at radius 2 is 2.03 bits per heavy atom. The van der Waals surface area contributed by atoms with Gasteiger partial charge in [-0.1, -0.05) is 11.6 Å². The molecule has 10 heteroatoms. The number of aromatic nitrogens is 2. The van der Waals surface area contributed by atoms with Gasteiger partial charge >= 0.3 is 0 Å². The Morgan fingerprint density at radius 3 is 2.72 bits per heavy atom. The van der Waals surface area contributed by atoms with E-state index in [1.54, 1.807) is 6.07 Å². The first-order chi connectivity index (χ1) is 13.9. The van der Waals surface area contributed by atoms with Gasteiger partial charge in [-0.15, -0.1) is 0 Å². The van der Waals surface area contributed by atoms with Crippen LogP contribution in [-0.4, -0.2) is 44.4 Å². The third-order valence-corrected chi connectivity index (χ3v) is 7.06. The molecule has 0 radical (unpaired) electrons. The van der Waals surface area contributed by atoms with Crippen LogP contribution < -0.4 is 19.9 Å². The zero-order valence-electron chi connectivity index (χ0n) is 16.0. The molecule has 1 atom stereocenters. The van der Waals surface area contributed by atoms with Crippen LogP contribution in [0.5, 0.6) is 5.75 Å². The second-order valence-electron chi connectivity index (χ2n) is 7.50. The van der Waals surface area contributed by atoms with E-state index in [1.165, 1.54) is 36.1 Å². The quantitative estimate of drug-likeness (QED) is 0.709. The molecule has 4 rings (SSSR count). The van der Waals surface area contributed by atoms with Crippen molar-refractivity contribution in [1.29, 1.82) is 0 Å². The molecule has 1 aliphatic carbocycles. The van der Waals surface area contributed by atoms with Crippen LogP contribution >= 0.6 is 11.6 Å². The Bertz CT molecular complexity index is 1070. The molecule has 1 aromatic heterocycles. The van der Waals surface area contributed by atoms with Gasteiger partial charge in [-0.05, 0) is 49.4 Å². The second kappa shape index (κ2) is 7.97. The third-order valence-electron chi connectivity index (χ3n) is 5.25. The van der Waals surface area contributed by atoms with Crippen LogP contribution in [0.3, 0.4) is 0 Å². The van der Waals surface area contributed by atoms with Crippen molar-refractivity contribution in [3.63, 3.8) is 0 Å². The van der Waals surface area contributed by atoms with Crippen LogP contribution in [0, 0.1) is 5.92 Å². The largest absolute Gasteiger partial charge is 0.495 e. The van der Waals surface area contributed by atoms with Gasteiger partial charge in [0.25, 0.3) is 5.56 Å². The van der Waals surface area contributed by atoms with Gasteiger partial charge in [0.2, 0.25) is 10.0 Å². The first-order valence-corrected chi connectivity index (χ1v) is 11.4. The Balaban J connectivity index is 1.44. The molecule has 156 valence electrons. The van der Waals surface area contributed by atoms with Crippen LogP contribution in [-0.2, 0) is 16.6 Å². The maximum atomic E-state index is 12.7. The van der Waals surface area contributed by atoms with E-state index in [1.807, 2.05) is 4.90 Å². The normalized spacial score (nSPS) is 19.5. The van der Waals surface area contributed by atoms with E-state index in [0.717, 1.165) is 12.8 Å². The summed E-state index contributed by atoms with van der Waals surface area (Å²) >= 11 is 6.06. The standard InChI is InChI=1S/C19H23ClN4O4S/c1-28-17-5-4-15(10-16(17)20)29(26,27)22-14-8-9-23(12-14)18-6-7-19(25)24(21-18)11-13-2-3-13/h4-7,10,13-14,22H,2-3,8-9,11-12H2,1H3. The van der Waals surface area contributed by atoms with E-state index >= 15 is 0 Å². The first-order valence-electron chi connectivity index (χ1n) is 9.55. The van der Waals surface area contributed by atoms with Gasteiger partial charge in [0, 0.05) is 31.7 Å². The number of hydrogen-bond donors (Lipinski definition) is 1. The van der Waals surface area contributed by atoms with Gasteiger partial charge in [-0.25, -0.2) is 17.8 Å². The van der Waals surface area contributed by atoms with Crippen molar-refractivity contribution in [1.82, 2.24) is 14.5 Å². The van der Waals surface area contributed by atoms with E-state index in [-0.39, 0.29) is 21.5 Å². The van der Waals surface area contributed by atoms with E-state index < -0.39 is 10.0 Å². The van der Waals surface area contributed by atoms with Gasteiger partial charge in [0.15, 0.2) is 0 Å². The molecule has 1 aromatic carbocycles. The lowest BCUT2D eigenvalue weighted by molar-refractivity contribution is 0.414. The molecule has 2 heterocycles. The molecule has 1 unspecified atom stereocenters. The molecule has 0 spiro atoms.